The number of halogens is 1. The van der Waals surface area contributed by atoms with Crippen LogP contribution in [0.5, 0.6) is 0 Å². The van der Waals surface area contributed by atoms with Crippen LogP contribution in [0.4, 0.5) is 4.39 Å². The maximum atomic E-state index is 11.9. The Labute approximate surface area is 45.2 Å². The Morgan fingerprint density at radius 3 is 2.88 bits per heavy atom. The molecule has 0 aliphatic carbocycles. The lowest BCUT2D eigenvalue weighted by Gasteiger charge is -1.80. The van der Waals surface area contributed by atoms with Crippen LogP contribution in [0.3, 0.4) is 0 Å². The second kappa shape index (κ2) is 1.92. The summed E-state index contributed by atoms with van der Waals surface area (Å²) < 4.78 is 11.9. The largest absolute Gasteiger partial charge is 0.388 e. The van der Waals surface area contributed by atoms with Crippen molar-refractivity contribution in [1.82, 2.24) is 9.97 Å². The van der Waals surface area contributed by atoms with Crippen molar-refractivity contribution in [3.05, 3.63) is 18.0 Å². The number of hydrogen-bond donors (Lipinski definition) is 2. The number of imidazole rings is 1. The molecule has 1 heterocycles. The molecule has 44 valence electrons. The van der Waals surface area contributed by atoms with Gasteiger partial charge in [-0.25, -0.2) is 4.98 Å². The third-order valence-electron chi connectivity index (χ3n) is 0.747. The quantitative estimate of drug-likeness (QED) is 0.544. The van der Waals surface area contributed by atoms with Crippen molar-refractivity contribution in [1.29, 1.82) is 0 Å². The molecule has 1 rings (SSSR count). The van der Waals surface area contributed by atoms with Crippen molar-refractivity contribution in [3.63, 3.8) is 0 Å². The van der Waals surface area contributed by atoms with E-state index in [9.17, 15) is 4.39 Å². The van der Waals surface area contributed by atoms with Crippen LogP contribution in [-0.4, -0.2) is 15.1 Å². The lowest BCUT2D eigenvalue weighted by atomic mass is 10.7. The van der Waals surface area contributed by atoms with Gasteiger partial charge in [-0.05, 0) is 0 Å². The summed E-state index contributed by atoms with van der Waals surface area (Å²) in [6.07, 6.45) is 1.02. The van der Waals surface area contributed by atoms with Gasteiger partial charge in [0.1, 0.15) is 12.4 Å². The monoisotopic (exact) mass is 116 g/mol. The highest BCUT2D eigenvalue weighted by molar-refractivity contribution is 4.86. The molecule has 4 heteroatoms. The third kappa shape index (κ3) is 0.840. The second-order valence-electron chi connectivity index (χ2n) is 1.34. The number of nitrogens with zero attached hydrogens (tertiary/aromatic N) is 1. The Morgan fingerprint density at radius 2 is 2.62 bits per heavy atom. The minimum Gasteiger partial charge on any atom is -0.388 e. The minimum absolute atomic E-state index is 0.246. The number of aliphatic hydroxyl groups is 1. The summed E-state index contributed by atoms with van der Waals surface area (Å²) >= 11 is 0. The Morgan fingerprint density at radius 1 is 1.88 bits per heavy atom. The first-order valence-corrected chi connectivity index (χ1v) is 2.13. The number of aromatic nitrogens is 2. The van der Waals surface area contributed by atoms with Crippen LogP contribution >= 0.6 is 0 Å². The molecule has 8 heavy (non-hydrogen) atoms. The number of aliphatic hydroxyl groups excluding tert-OH is 1. The van der Waals surface area contributed by atoms with Gasteiger partial charge in [0.05, 0.1) is 6.20 Å². The molecule has 0 saturated carbocycles. The van der Waals surface area contributed by atoms with E-state index in [2.05, 4.69) is 9.97 Å². The molecule has 0 radical (unpaired) electrons. The van der Waals surface area contributed by atoms with Crippen LogP contribution in [0.2, 0.25) is 0 Å². The smallest absolute Gasteiger partial charge is 0.210 e. The predicted octanol–water partition coefficient (Wildman–Crippen LogP) is 0.0411. The fraction of sp³-hybridized carbons (Fsp3) is 0.250. The molecule has 0 unspecified atom stereocenters. The van der Waals surface area contributed by atoms with E-state index >= 15 is 0 Å². The van der Waals surface area contributed by atoms with Crippen LogP contribution in [0, 0.1) is 5.95 Å². The van der Waals surface area contributed by atoms with E-state index in [1.54, 1.807) is 0 Å². The van der Waals surface area contributed by atoms with Gasteiger partial charge in [-0.1, -0.05) is 0 Å². The molecule has 0 spiro atoms. The fourth-order valence-electron chi connectivity index (χ4n) is 0.417. The maximum Gasteiger partial charge on any atom is 0.210 e. The fourth-order valence-corrected chi connectivity index (χ4v) is 0.417. The van der Waals surface area contributed by atoms with Crippen LogP contribution < -0.4 is 0 Å². The summed E-state index contributed by atoms with van der Waals surface area (Å²) in [6, 6.07) is 0. The van der Waals surface area contributed by atoms with E-state index in [4.69, 9.17) is 5.11 Å². The zero-order valence-electron chi connectivity index (χ0n) is 4.06. The molecule has 2 N–H and O–H groups in total. The topological polar surface area (TPSA) is 48.9 Å². The van der Waals surface area contributed by atoms with Crippen LogP contribution in [0.1, 0.15) is 5.82 Å². The van der Waals surface area contributed by atoms with Gasteiger partial charge in [-0.2, -0.15) is 4.39 Å². The molecule has 0 bridgehead atoms. The molecular formula is C4H5FN2O. The maximum absolute atomic E-state index is 11.9. The van der Waals surface area contributed by atoms with Gasteiger partial charge in [0, 0.05) is 0 Å². The third-order valence-corrected chi connectivity index (χ3v) is 0.747. The number of H-pyrrole nitrogens is 1. The number of nitrogens with one attached hydrogen (secondary N) is 1. The summed E-state index contributed by atoms with van der Waals surface area (Å²) in [4.78, 5) is 5.65. The van der Waals surface area contributed by atoms with Crippen LogP contribution in [0.15, 0.2) is 6.20 Å². The highest BCUT2D eigenvalue weighted by Crippen LogP contribution is 1.91. The molecule has 0 aromatic carbocycles. The normalized spacial score (nSPS) is 9.75. The van der Waals surface area contributed by atoms with E-state index < -0.39 is 5.95 Å². The van der Waals surface area contributed by atoms with E-state index in [1.807, 2.05) is 0 Å². The van der Waals surface area contributed by atoms with Crippen molar-refractivity contribution in [2.24, 2.45) is 0 Å². The van der Waals surface area contributed by atoms with Gasteiger partial charge < -0.3 is 10.1 Å². The molecule has 0 aliphatic heterocycles. The molecule has 0 saturated heterocycles. The van der Waals surface area contributed by atoms with E-state index in [-0.39, 0.29) is 12.4 Å². The lowest BCUT2D eigenvalue weighted by Crippen LogP contribution is -1.83. The van der Waals surface area contributed by atoms with Crippen molar-refractivity contribution < 1.29 is 9.50 Å². The van der Waals surface area contributed by atoms with Crippen LogP contribution in [-0.2, 0) is 6.61 Å². The Balaban J connectivity index is 2.84. The highest BCUT2D eigenvalue weighted by atomic mass is 19.1. The standard InChI is InChI=1S/C4H5FN2O/c5-3-1-6-4(2-8)7-3/h1,8H,2H2,(H,6,7). The summed E-state index contributed by atoms with van der Waals surface area (Å²) in [5.74, 6) is -0.267. The number of hydrogen-bond acceptors (Lipinski definition) is 2. The van der Waals surface area contributed by atoms with Gasteiger partial charge in [0.25, 0.3) is 0 Å². The average Bonchev–Trinajstić information content (AvgIpc) is 2.14. The molecule has 0 atom stereocenters. The first-order valence-electron chi connectivity index (χ1n) is 2.13. The molecule has 3 nitrogen and oxygen atoms in total. The zero-order chi connectivity index (χ0) is 5.98. The van der Waals surface area contributed by atoms with Crippen LogP contribution in [0.25, 0.3) is 0 Å². The average molecular weight is 116 g/mol. The van der Waals surface area contributed by atoms with E-state index in [0.717, 1.165) is 6.20 Å². The first-order chi connectivity index (χ1) is 3.83. The summed E-state index contributed by atoms with van der Waals surface area (Å²) in [5.41, 5.74) is 0. The number of rotatable bonds is 1. The highest BCUT2D eigenvalue weighted by Gasteiger charge is 1.93. The Kier molecular flexibility index (Phi) is 1.26. The number of aromatic amines is 1. The summed E-state index contributed by atoms with van der Waals surface area (Å²) in [6.45, 7) is -0.246. The molecule has 1 aromatic heterocycles. The molecular weight excluding hydrogens is 111 g/mol. The zero-order valence-corrected chi connectivity index (χ0v) is 4.06. The van der Waals surface area contributed by atoms with Crippen molar-refractivity contribution >= 4 is 0 Å². The Bertz CT molecular complexity index is 174. The first kappa shape index (κ1) is 5.24. The van der Waals surface area contributed by atoms with Gasteiger partial charge in [0.15, 0.2) is 0 Å². The van der Waals surface area contributed by atoms with Gasteiger partial charge >= 0.3 is 0 Å². The van der Waals surface area contributed by atoms with Gasteiger partial charge in [-0.15, -0.1) is 0 Å². The van der Waals surface area contributed by atoms with Crippen molar-refractivity contribution in [2.45, 2.75) is 6.61 Å². The van der Waals surface area contributed by atoms with Gasteiger partial charge in [0.2, 0.25) is 5.95 Å². The predicted molar refractivity (Wildman–Crippen MR) is 24.5 cm³/mol. The molecule has 1 aromatic rings. The van der Waals surface area contributed by atoms with Crippen molar-refractivity contribution in [3.8, 4) is 0 Å². The Hall–Kier alpha value is -0.900. The molecule has 0 fully saturated rings. The summed E-state index contributed by atoms with van der Waals surface area (Å²) in [5, 5.41) is 8.29. The van der Waals surface area contributed by atoms with E-state index in [1.165, 1.54) is 0 Å². The van der Waals surface area contributed by atoms with E-state index in [0.29, 0.717) is 0 Å². The SMILES string of the molecule is OCc1ncc(F)[nH]1. The molecule has 0 amide bonds. The second-order valence-corrected chi connectivity index (χ2v) is 1.34. The van der Waals surface area contributed by atoms with Crippen molar-refractivity contribution in [2.75, 3.05) is 0 Å². The van der Waals surface area contributed by atoms with Gasteiger partial charge in [-0.3, -0.25) is 0 Å². The minimum atomic E-state index is -0.519. The summed E-state index contributed by atoms with van der Waals surface area (Å²) in [7, 11) is 0. The molecule has 0 aliphatic rings. The lowest BCUT2D eigenvalue weighted by molar-refractivity contribution is 0.271.